The standard InChI is InChI=1S/C12H13NOS/c1-9-6-10(8-15-9)12(14)7-11-4-2-3-5-13-11/h2-6,8,12,14H,7H2,1H3. The molecule has 1 N–H and O–H groups in total. The van der Waals surface area contributed by atoms with Crippen LogP contribution < -0.4 is 0 Å². The Hall–Kier alpha value is -1.19. The summed E-state index contributed by atoms with van der Waals surface area (Å²) in [6.45, 7) is 2.04. The van der Waals surface area contributed by atoms with Crippen LogP contribution in [0.25, 0.3) is 0 Å². The minimum absolute atomic E-state index is 0.440. The maximum atomic E-state index is 9.95. The van der Waals surface area contributed by atoms with Crippen LogP contribution in [0.3, 0.4) is 0 Å². The highest BCUT2D eigenvalue weighted by atomic mass is 32.1. The predicted molar refractivity (Wildman–Crippen MR) is 62.0 cm³/mol. The fourth-order valence-electron chi connectivity index (χ4n) is 1.47. The number of hydrogen-bond donors (Lipinski definition) is 1. The molecule has 0 aromatic carbocycles. The largest absolute Gasteiger partial charge is 0.388 e. The van der Waals surface area contributed by atoms with E-state index in [0.29, 0.717) is 6.42 Å². The molecule has 0 fully saturated rings. The smallest absolute Gasteiger partial charge is 0.0853 e. The second-order valence-corrected chi connectivity index (χ2v) is 4.65. The van der Waals surface area contributed by atoms with E-state index in [1.54, 1.807) is 17.5 Å². The van der Waals surface area contributed by atoms with Gasteiger partial charge in [0.15, 0.2) is 0 Å². The van der Waals surface area contributed by atoms with E-state index in [-0.39, 0.29) is 0 Å². The molecule has 0 spiro atoms. The molecule has 0 amide bonds. The number of aliphatic hydroxyl groups excluding tert-OH is 1. The first-order chi connectivity index (χ1) is 7.25. The van der Waals surface area contributed by atoms with Gasteiger partial charge in [0.2, 0.25) is 0 Å². The maximum absolute atomic E-state index is 9.95. The van der Waals surface area contributed by atoms with E-state index < -0.39 is 6.10 Å². The molecule has 1 atom stereocenters. The molecule has 3 heteroatoms. The number of hydrogen-bond acceptors (Lipinski definition) is 3. The Morgan fingerprint density at radius 1 is 1.47 bits per heavy atom. The quantitative estimate of drug-likeness (QED) is 0.861. The molecule has 2 heterocycles. The van der Waals surface area contributed by atoms with Crippen LogP contribution in [0.2, 0.25) is 0 Å². The van der Waals surface area contributed by atoms with Crippen molar-refractivity contribution in [2.24, 2.45) is 0 Å². The van der Waals surface area contributed by atoms with Gasteiger partial charge in [-0.1, -0.05) is 6.07 Å². The van der Waals surface area contributed by atoms with Crippen molar-refractivity contribution in [1.29, 1.82) is 0 Å². The Bertz CT molecular complexity index is 424. The molecule has 15 heavy (non-hydrogen) atoms. The average molecular weight is 219 g/mol. The van der Waals surface area contributed by atoms with Crippen molar-refractivity contribution in [3.63, 3.8) is 0 Å². The number of aliphatic hydroxyl groups is 1. The lowest BCUT2D eigenvalue weighted by Gasteiger charge is -2.07. The number of aromatic nitrogens is 1. The van der Waals surface area contributed by atoms with Crippen LogP contribution in [0.1, 0.15) is 22.2 Å². The number of aryl methyl sites for hydroxylation is 1. The average Bonchev–Trinajstić information content (AvgIpc) is 2.66. The van der Waals surface area contributed by atoms with Gasteiger partial charge in [-0.2, -0.15) is 0 Å². The van der Waals surface area contributed by atoms with Gasteiger partial charge >= 0.3 is 0 Å². The first kappa shape index (κ1) is 10.3. The molecule has 78 valence electrons. The van der Waals surface area contributed by atoms with Crippen molar-refractivity contribution >= 4 is 11.3 Å². The molecule has 0 bridgehead atoms. The first-order valence-corrected chi connectivity index (χ1v) is 5.76. The predicted octanol–water partition coefficient (Wildman–Crippen LogP) is 2.73. The zero-order valence-electron chi connectivity index (χ0n) is 8.55. The van der Waals surface area contributed by atoms with E-state index in [4.69, 9.17) is 0 Å². The summed E-state index contributed by atoms with van der Waals surface area (Å²) in [4.78, 5) is 5.42. The molecule has 2 nitrogen and oxygen atoms in total. The van der Waals surface area contributed by atoms with Gasteiger partial charge in [-0.15, -0.1) is 11.3 Å². The Kier molecular flexibility index (Phi) is 3.14. The summed E-state index contributed by atoms with van der Waals surface area (Å²) in [5, 5.41) is 12.0. The van der Waals surface area contributed by atoms with Gasteiger partial charge < -0.3 is 5.11 Å². The number of thiophene rings is 1. The third-order valence-corrected chi connectivity index (χ3v) is 3.14. The van der Waals surface area contributed by atoms with Crippen LogP contribution in [-0.4, -0.2) is 10.1 Å². The Labute approximate surface area is 93.2 Å². The van der Waals surface area contributed by atoms with Gasteiger partial charge in [-0.3, -0.25) is 4.98 Å². The normalized spacial score (nSPS) is 12.7. The van der Waals surface area contributed by atoms with Crippen LogP contribution in [0, 0.1) is 6.92 Å². The topological polar surface area (TPSA) is 33.1 Å². The zero-order valence-corrected chi connectivity index (χ0v) is 9.37. The highest BCUT2D eigenvalue weighted by molar-refractivity contribution is 7.10. The Morgan fingerprint density at radius 3 is 2.93 bits per heavy atom. The van der Waals surface area contributed by atoms with E-state index in [2.05, 4.69) is 4.98 Å². The Morgan fingerprint density at radius 2 is 2.33 bits per heavy atom. The molecule has 0 aliphatic rings. The number of pyridine rings is 1. The summed E-state index contributed by atoms with van der Waals surface area (Å²) in [6.07, 6.45) is 1.89. The summed E-state index contributed by atoms with van der Waals surface area (Å²) >= 11 is 1.66. The number of rotatable bonds is 3. The molecule has 0 radical (unpaired) electrons. The zero-order chi connectivity index (χ0) is 10.7. The van der Waals surface area contributed by atoms with Gasteiger partial charge in [-0.05, 0) is 36.1 Å². The van der Waals surface area contributed by atoms with E-state index in [1.165, 1.54) is 4.88 Å². The first-order valence-electron chi connectivity index (χ1n) is 4.89. The van der Waals surface area contributed by atoms with Gasteiger partial charge in [-0.25, -0.2) is 0 Å². The molecule has 0 saturated heterocycles. The molecule has 0 aliphatic heterocycles. The van der Waals surface area contributed by atoms with Crippen molar-refractivity contribution in [1.82, 2.24) is 4.98 Å². The van der Waals surface area contributed by atoms with Crippen molar-refractivity contribution in [3.8, 4) is 0 Å². The highest BCUT2D eigenvalue weighted by Gasteiger charge is 2.10. The van der Waals surface area contributed by atoms with E-state index in [9.17, 15) is 5.11 Å². The fourth-order valence-corrected chi connectivity index (χ4v) is 2.22. The molecular formula is C12H13NOS. The molecule has 0 aliphatic carbocycles. The lowest BCUT2D eigenvalue weighted by atomic mass is 10.1. The summed E-state index contributed by atoms with van der Waals surface area (Å²) in [5.41, 5.74) is 1.91. The summed E-state index contributed by atoms with van der Waals surface area (Å²) in [7, 11) is 0. The summed E-state index contributed by atoms with van der Waals surface area (Å²) in [6, 6.07) is 7.78. The van der Waals surface area contributed by atoms with Gasteiger partial charge in [0.1, 0.15) is 0 Å². The minimum Gasteiger partial charge on any atom is -0.388 e. The van der Waals surface area contributed by atoms with Crippen molar-refractivity contribution in [3.05, 3.63) is 52.0 Å². The van der Waals surface area contributed by atoms with Crippen LogP contribution in [0.4, 0.5) is 0 Å². The minimum atomic E-state index is -0.440. The summed E-state index contributed by atoms with van der Waals surface area (Å²) in [5.74, 6) is 0. The highest BCUT2D eigenvalue weighted by Crippen LogP contribution is 2.22. The summed E-state index contributed by atoms with van der Waals surface area (Å²) < 4.78 is 0. The molecular weight excluding hydrogens is 206 g/mol. The van der Waals surface area contributed by atoms with Gasteiger partial charge in [0.05, 0.1) is 6.10 Å². The maximum Gasteiger partial charge on any atom is 0.0853 e. The van der Waals surface area contributed by atoms with E-state index in [0.717, 1.165) is 11.3 Å². The van der Waals surface area contributed by atoms with Crippen LogP contribution in [0.5, 0.6) is 0 Å². The number of nitrogens with zero attached hydrogens (tertiary/aromatic N) is 1. The van der Waals surface area contributed by atoms with Crippen LogP contribution in [0.15, 0.2) is 35.8 Å². The molecule has 0 saturated carbocycles. The lowest BCUT2D eigenvalue weighted by molar-refractivity contribution is 0.177. The Balaban J connectivity index is 2.07. The second kappa shape index (κ2) is 4.55. The molecule has 2 rings (SSSR count). The van der Waals surface area contributed by atoms with Crippen LogP contribution >= 0.6 is 11.3 Å². The van der Waals surface area contributed by atoms with Crippen molar-refractivity contribution < 1.29 is 5.11 Å². The lowest BCUT2D eigenvalue weighted by Crippen LogP contribution is -2.01. The van der Waals surface area contributed by atoms with Crippen molar-refractivity contribution in [2.45, 2.75) is 19.4 Å². The van der Waals surface area contributed by atoms with E-state index in [1.807, 2.05) is 36.6 Å². The SMILES string of the molecule is Cc1cc(C(O)Cc2ccccn2)cs1. The van der Waals surface area contributed by atoms with E-state index >= 15 is 0 Å². The second-order valence-electron chi connectivity index (χ2n) is 3.53. The third-order valence-electron chi connectivity index (χ3n) is 2.26. The fraction of sp³-hybridized carbons (Fsp3) is 0.250. The third kappa shape index (κ3) is 2.64. The monoisotopic (exact) mass is 219 g/mol. The van der Waals surface area contributed by atoms with Gasteiger partial charge in [0.25, 0.3) is 0 Å². The molecule has 2 aromatic heterocycles. The molecule has 2 aromatic rings. The molecule has 1 unspecified atom stereocenters. The van der Waals surface area contributed by atoms with Crippen LogP contribution in [-0.2, 0) is 6.42 Å². The van der Waals surface area contributed by atoms with Gasteiger partial charge in [0, 0.05) is 23.2 Å². The van der Waals surface area contributed by atoms with Crippen molar-refractivity contribution in [2.75, 3.05) is 0 Å².